The maximum atomic E-state index is 13.7. The minimum Gasteiger partial charge on any atom is -0.486 e. The van der Waals surface area contributed by atoms with Crippen molar-refractivity contribution in [2.45, 2.75) is 32.9 Å². The molecule has 1 aliphatic heterocycles. The van der Waals surface area contributed by atoms with Crippen LogP contribution < -0.4 is 15.4 Å². The molecule has 8 heteroatoms. The number of benzene rings is 1. The van der Waals surface area contributed by atoms with E-state index in [9.17, 15) is 9.18 Å². The summed E-state index contributed by atoms with van der Waals surface area (Å²) >= 11 is 1.75. The number of amides is 1. The second-order valence-corrected chi connectivity index (χ2v) is 7.87. The highest BCUT2D eigenvalue weighted by Gasteiger charge is 2.21. The van der Waals surface area contributed by atoms with E-state index in [1.165, 1.54) is 16.5 Å². The summed E-state index contributed by atoms with van der Waals surface area (Å²) in [6.07, 6.45) is 0.636. The molecule has 1 amide bonds. The number of carbonyl (C=O) groups is 1. The van der Waals surface area contributed by atoms with Gasteiger partial charge in [0.15, 0.2) is 17.5 Å². The van der Waals surface area contributed by atoms with E-state index < -0.39 is 0 Å². The van der Waals surface area contributed by atoms with Crippen LogP contribution in [0.4, 0.5) is 4.39 Å². The minimum atomic E-state index is -0.388. The Morgan fingerprint density at radius 3 is 2.97 bits per heavy atom. The summed E-state index contributed by atoms with van der Waals surface area (Å²) in [7, 11) is 0. The van der Waals surface area contributed by atoms with Crippen LogP contribution in [-0.4, -0.2) is 49.0 Å². The summed E-state index contributed by atoms with van der Waals surface area (Å²) in [5.41, 5.74) is 1.24. The molecule has 2 heterocycles. The number of nitrogens with zero attached hydrogens (tertiary/aromatic N) is 2. The highest BCUT2D eigenvalue weighted by molar-refractivity contribution is 7.10. The fourth-order valence-corrected chi connectivity index (χ4v) is 3.98. The average Bonchev–Trinajstić information content (AvgIpc) is 3.19. The van der Waals surface area contributed by atoms with Crippen molar-refractivity contribution in [2.75, 3.05) is 26.2 Å². The molecule has 0 aliphatic carbocycles. The standard InChI is InChI=1S/C21H27FN4O2S/c1-3-23-21(24-12-15(2)28-18-7-5-4-6-17(18)22)25-13-20(27)26-10-8-19-16(14-26)9-11-29-19/h4-7,9,11,15H,3,8,10,12-14H2,1-2H3,(H2,23,24,25). The number of fused-ring (bicyclic) bond motifs is 1. The normalized spacial score (nSPS) is 14.9. The third-order valence-electron chi connectivity index (χ3n) is 4.60. The van der Waals surface area contributed by atoms with Crippen molar-refractivity contribution in [3.8, 4) is 5.75 Å². The van der Waals surface area contributed by atoms with Gasteiger partial charge in [-0.1, -0.05) is 12.1 Å². The Bertz CT molecular complexity index is 855. The molecule has 2 N–H and O–H groups in total. The van der Waals surface area contributed by atoms with Crippen LogP contribution >= 0.6 is 11.3 Å². The second kappa shape index (κ2) is 10.2. The van der Waals surface area contributed by atoms with Gasteiger partial charge in [0, 0.05) is 24.5 Å². The quantitative estimate of drug-likeness (QED) is 0.536. The molecule has 1 unspecified atom stereocenters. The topological polar surface area (TPSA) is 66.0 Å². The fraction of sp³-hybridized carbons (Fsp3) is 0.429. The number of hydrogen-bond donors (Lipinski definition) is 2. The Morgan fingerprint density at radius 1 is 1.34 bits per heavy atom. The van der Waals surface area contributed by atoms with Gasteiger partial charge in [-0.25, -0.2) is 9.38 Å². The predicted molar refractivity (Wildman–Crippen MR) is 114 cm³/mol. The summed E-state index contributed by atoms with van der Waals surface area (Å²) in [5.74, 6) is 0.380. The van der Waals surface area contributed by atoms with Crippen molar-refractivity contribution in [3.63, 3.8) is 0 Å². The highest BCUT2D eigenvalue weighted by Crippen LogP contribution is 2.24. The first-order valence-corrected chi connectivity index (χ1v) is 10.7. The highest BCUT2D eigenvalue weighted by atomic mass is 32.1. The van der Waals surface area contributed by atoms with E-state index in [2.05, 4.69) is 27.1 Å². The van der Waals surface area contributed by atoms with Gasteiger partial charge in [0.2, 0.25) is 5.91 Å². The molecule has 1 aromatic carbocycles. The predicted octanol–water partition coefficient (Wildman–Crippen LogP) is 2.79. The number of hydrogen-bond acceptors (Lipinski definition) is 4. The lowest BCUT2D eigenvalue weighted by atomic mass is 10.1. The molecular formula is C21H27FN4O2S. The van der Waals surface area contributed by atoms with E-state index in [0.717, 1.165) is 13.0 Å². The second-order valence-electron chi connectivity index (χ2n) is 6.87. The zero-order valence-corrected chi connectivity index (χ0v) is 17.6. The molecule has 156 valence electrons. The largest absolute Gasteiger partial charge is 0.486 e. The van der Waals surface area contributed by atoms with Crippen molar-refractivity contribution in [2.24, 2.45) is 4.99 Å². The van der Waals surface area contributed by atoms with Crippen LogP contribution in [0.15, 0.2) is 40.7 Å². The van der Waals surface area contributed by atoms with Crippen LogP contribution in [0.25, 0.3) is 0 Å². The third-order valence-corrected chi connectivity index (χ3v) is 5.62. The van der Waals surface area contributed by atoms with Crippen LogP contribution in [0.3, 0.4) is 0 Å². The number of halogens is 1. The van der Waals surface area contributed by atoms with Gasteiger partial charge in [-0.3, -0.25) is 4.79 Å². The van der Waals surface area contributed by atoms with E-state index >= 15 is 0 Å². The molecule has 0 radical (unpaired) electrons. The first-order chi connectivity index (χ1) is 14.1. The van der Waals surface area contributed by atoms with Crippen LogP contribution in [0.1, 0.15) is 24.3 Å². The Balaban J connectivity index is 1.50. The molecule has 6 nitrogen and oxygen atoms in total. The van der Waals surface area contributed by atoms with Gasteiger partial charge < -0.3 is 20.3 Å². The van der Waals surface area contributed by atoms with E-state index in [1.54, 1.807) is 29.5 Å². The number of ether oxygens (including phenoxy) is 1. The molecule has 29 heavy (non-hydrogen) atoms. The molecule has 0 saturated heterocycles. The summed E-state index contributed by atoms with van der Waals surface area (Å²) in [6.45, 7) is 6.38. The van der Waals surface area contributed by atoms with Crippen molar-refractivity contribution in [1.29, 1.82) is 0 Å². The zero-order valence-electron chi connectivity index (χ0n) is 16.8. The van der Waals surface area contributed by atoms with E-state index in [0.29, 0.717) is 25.6 Å². The monoisotopic (exact) mass is 418 g/mol. The van der Waals surface area contributed by atoms with Gasteiger partial charge in [-0.15, -0.1) is 11.3 Å². The lowest BCUT2D eigenvalue weighted by molar-refractivity contribution is -0.130. The summed E-state index contributed by atoms with van der Waals surface area (Å²) < 4.78 is 19.3. The van der Waals surface area contributed by atoms with Crippen LogP contribution in [0.2, 0.25) is 0 Å². The maximum absolute atomic E-state index is 13.7. The molecule has 0 saturated carbocycles. The Hall–Kier alpha value is -2.61. The summed E-state index contributed by atoms with van der Waals surface area (Å²) in [4.78, 5) is 20.2. The van der Waals surface area contributed by atoms with Crippen LogP contribution in [0, 0.1) is 5.82 Å². The first kappa shape index (κ1) is 21.1. The van der Waals surface area contributed by atoms with Crippen LogP contribution in [-0.2, 0) is 17.8 Å². The Labute approximate surface area is 174 Å². The van der Waals surface area contributed by atoms with Crippen LogP contribution in [0.5, 0.6) is 5.75 Å². The number of thiophene rings is 1. The zero-order chi connectivity index (χ0) is 20.6. The number of aliphatic imine (C=N–C) groups is 1. The van der Waals surface area contributed by atoms with Crippen molar-refractivity contribution in [1.82, 2.24) is 15.5 Å². The molecule has 3 rings (SSSR count). The molecule has 0 bridgehead atoms. The van der Waals surface area contributed by atoms with E-state index in [1.807, 2.05) is 18.7 Å². The number of rotatable bonds is 7. The van der Waals surface area contributed by atoms with Gasteiger partial charge in [0.1, 0.15) is 12.6 Å². The molecule has 1 aromatic heterocycles. The lowest BCUT2D eigenvalue weighted by Crippen LogP contribution is -2.43. The fourth-order valence-electron chi connectivity index (χ4n) is 3.09. The molecule has 0 spiro atoms. The average molecular weight is 419 g/mol. The van der Waals surface area contributed by atoms with Gasteiger partial charge >= 0.3 is 0 Å². The van der Waals surface area contributed by atoms with Gasteiger partial charge in [0.05, 0.1) is 6.54 Å². The number of nitrogens with one attached hydrogen (secondary N) is 2. The maximum Gasteiger partial charge on any atom is 0.244 e. The number of guanidine groups is 1. The van der Waals surface area contributed by atoms with Crippen molar-refractivity contribution in [3.05, 3.63) is 52.0 Å². The smallest absolute Gasteiger partial charge is 0.244 e. The minimum absolute atomic E-state index is 0.00899. The van der Waals surface area contributed by atoms with Gasteiger partial charge in [0.25, 0.3) is 0 Å². The number of carbonyl (C=O) groups excluding carboxylic acids is 1. The molecule has 1 atom stereocenters. The summed E-state index contributed by atoms with van der Waals surface area (Å²) in [6, 6.07) is 8.41. The Kier molecular flexibility index (Phi) is 7.46. The Morgan fingerprint density at radius 2 is 2.17 bits per heavy atom. The van der Waals surface area contributed by atoms with E-state index in [-0.39, 0.29) is 30.1 Å². The summed E-state index contributed by atoms with van der Waals surface area (Å²) in [5, 5.41) is 8.35. The SMILES string of the molecule is CCNC(=NCC(=O)N1CCc2sccc2C1)NCC(C)Oc1ccccc1F. The van der Waals surface area contributed by atoms with Gasteiger partial charge in [-0.05, 0) is 49.4 Å². The molecular weight excluding hydrogens is 391 g/mol. The van der Waals surface area contributed by atoms with E-state index in [4.69, 9.17) is 4.74 Å². The van der Waals surface area contributed by atoms with Crippen molar-refractivity contribution >= 4 is 23.2 Å². The molecule has 2 aromatic rings. The van der Waals surface area contributed by atoms with Crippen molar-refractivity contribution < 1.29 is 13.9 Å². The molecule has 0 fully saturated rings. The lowest BCUT2D eigenvalue weighted by Gasteiger charge is -2.26. The third kappa shape index (κ3) is 5.93. The molecule has 1 aliphatic rings. The first-order valence-electron chi connectivity index (χ1n) is 9.83. The van der Waals surface area contributed by atoms with Gasteiger partial charge in [-0.2, -0.15) is 0 Å². The number of para-hydroxylation sites is 1.